The van der Waals surface area contributed by atoms with Crippen molar-refractivity contribution in [3.05, 3.63) is 76.3 Å². The van der Waals surface area contributed by atoms with Gasteiger partial charge in [0.25, 0.3) is 0 Å². The van der Waals surface area contributed by atoms with Crippen molar-refractivity contribution >= 4 is 28.2 Å². The van der Waals surface area contributed by atoms with Crippen LogP contribution in [0, 0.1) is 0 Å². The van der Waals surface area contributed by atoms with E-state index in [9.17, 15) is 4.79 Å². The maximum atomic E-state index is 12.7. The lowest BCUT2D eigenvalue weighted by atomic mass is 10.0. The SMILES string of the molecule is CC(CC(=O)c1cc2c(cn1)ncn2C)c1cnc(Cc2ccccc2)s1. The van der Waals surface area contributed by atoms with Gasteiger partial charge in [0.1, 0.15) is 11.2 Å². The van der Waals surface area contributed by atoms with Crippen molar-refractivity contribution in [2.45, 2.75) is 25.7 Å². The minimum Gasteiger partial charge on any atom is -0.334 e. The summed E-state index contributed by atoms with van der Waals surface area (Å²) in [4.78, 5) is 26.9. The van der Waals surface area contributed by atoms with E-state index in [2.05, 4.69) is 34.0 Å². The van der Waals surface area contributed by atoms with Gasteiger partial charge >= 0.3 is 0 Å². The van der Waals surface area contributed by atoms with Crippen molar-refractivity contribution < 1.29 is 4.79 Å². The van der Waals surface area contributed by atoms with E-state index in [0.29, 0.717) is 12.1 Å². The summed E-state index contributed by atoms with van der Waals surface area (Å²) >= 11 is 1.68. The number of aryl methyl sites for hydroxylation is 1. The quantitative estimate of drug-likeness (QED) is 0.468. The summed E-state index contributed by atoms with van der Waals surface area (Å²) in [6, 6.07) is 12.1. The smallest absolute Gasteiger partial charge is 0.181 e. The van der Waals surface area contributed by atoms with Gasteiger partial charge in [-0.1, -0.05) is 37.3 Å². The highest BCUT2D eigenvalue weighted by atomic mass is 32.1. The molecular formula is C21H20N4OS. The number of hydrogen-bond acceptors (Lipinski definition) is 5. The van der Waals surface area contributed by atoms with Crippen molar-refractivity contribution in [3.8, 4) is 0 Å². The number of nitrogens with zero attached hydrogens (tertiary/aromatic N) is 4. The Hall–Kier alpha value is -2.86. The number of hydrogen-bond donors (Lipinski definition) is 0. The summed E-state index contributed by atoms with van der Waals surface area (Å²) in [5, 5.41) is 1.07. The lowest BCUT2D eigenvalue weighted by Gasteiger charge is -2.07. The highest BCUT2D eigenvalue weighted by Gasteiger charge is 2.17. The summed E-state index contributed by atoms with van der Waals surface area (Å²) < 4.78 is 1.90. The summed E-state index contributed by atoms with van der Waals surface area (Å²) in [5.74, 6) is 0.159. The van der Waals surface area contributed by atoms with Crippen LogP contribution in [-0.4, -0.2) is 25.3 Å². The summed E-state index contributed by atoms with van der Waals surface area (Å²) in [5.41, 5.74) is 3.46. The Morgan fingerprint density at radius 3 is 2.78 bits per heavy atom. The second kappa shape index (κ2) is 7.40. The van der Waals surface area contributed by atoms with Crippen LogP contribution < -0.4 is 0 Å². The zero-order valence-electron chi connectivity index (χ0n) is 15.3. The average Bonchev–Trinajstić information content (AvgIpc) is 3.29. The lowest BCUT2D eigenvalue weighted by Crippen LogP contribution is -2.06. The zero-order valence-corrected chi connectivity index (χ0v) is 16.1. The molecule has 0 aliphatic rings. The lowest BCUT2D eigenvalue weighted by molar-refractivity contribution is 0.0971. The molecule has 1 atom stereocenters. The molecule has 0 spiro atoms. The Morgan fingerprint density at radius 2 is 1.96 bits per heavy atom. The van der Waals surface area contributed by atoms with Crippen LogP contribution in [-0.2, 0) is 13.5 Å². The van der Waals surface area contributed by atoms with Crippen LogP contribution in [0.1, 0.15) is 45.2 Å². The Kier molecular flexibility index (Phi) is 4.81. The van der Waals surface area contributed by atoms with E-state index in [1.54, 1.807) is 23.9 Å². The molecule has 3 heterocycles. The van der Waals surface area contributed by atoms with Gasteiger partial charge in [0.05, 0.1) is 23.0 Å². The van der Waals surface area contributed by atoms with Crippen molar-refractivity contribution in [3.63, 3.8) is 0 Å². The fourth-order valence-corrected chi connectivity index (χ4v) is 4.08. The standard InChI is InChI=1S/C21H20N4OS/c1-14(20-12-23-21(27-20)9-15-6-4-3-5-7-15)8-19(26)16-10-18-17(11-22-16)24-13-25(18)2/h3-7,10-14H,8-9H2,1-2H3. The number of Topliss-reactive ketones (excluding diaryl/α,β-unsaturated/α-hetero) is 1. The van der Waals surface area contributed by atoms with E-state index in [1.165, 1.54) is 5.56 Å². The molecule has 4 aromatic rings. The first kappa shape index (κ1) is 17.5. The largest absolute Gasteiger partial charge is 0.334 e. The third-order valence-electron chi connectivity index (χ3n) is 4.64. The fourth-order valence-electron chi connectivity index (χ4n) is 3.07. The number of benzene rings is 1. The molecule has 1 aromatic carbocycles. The van der Waals surface area contributed by atoms with Crippen LogP contribution >= 0.6 is 11.3 Å². The number of thiazole rings is 1. The van der Waals surface area contributed by atoms with Crippen LogP contribution in [0.25, 0.3) is 11.0 Å². The van der Waals surface area contributed by atoms with E-state index in [4.69, 9.17) is 0 Å². The summed E-state index contributed by atoms with van der Waals surface area (Å²) in [6.07, 6.45) is 6.54. The molecule has 27 heavy (non-hydrogen) atoms. The molecule has 6 heteroatoms. The van der Waals surface area contributed by atoms with Gasteiger partial charge in [0.15, 0.2) is 5.78 Å². The predicted octanol–water partition coefficient (Wildman–Crippen LogP) is 4.39. The highest BCUT2D eigenvalue weighted by molar-refractivity contribution is 7.11. The van der Waals surface area contributed by atoms with Crippen molar-refractivity contribution in [1.29, 1.82) is 0 Å². The fraction of sp³-hybridized carbons (Fsp3) is 0.238. The number of imidazole rings is 1. The Morgan fingerprint density at radius 1 is 1.15 bits per heavy atom. The molecule has 5 nitrogen and oxygen atoms in total. The summed E-state index contributed by atoms with van der Waals surface area (Å²) in [7, 11) is 1.91. The molecule has 0 fully saturated rings. The number of ketones is 1. The maximum Gasteiger partial charge on any atom is 0.181 e. The average molecular weight is 376 g/mol. The minimum absolute atomic E-state index is 0.0450. The van der Waals surface area contributed by atoms with Crippen LogP contribution in [0.4, 0.5) is 0 Å². The first-order valence-corrected chi connectivity index (χ1v) is 9.70. The Bertz CT molecular complexity index is 1080. The zero-order chi connectivity index (χ0) is 18.8. The first-order chi connectivity index (χ1) is 13.1. The van der Waals surface area contributed by atoms with E-state index in [-0.39, 0.29) is 11.7 Å². The third-order valence-corrected chi connectivity index (χ3v) is 5.87. The maximum absolute atomic E-state index is 12.7. The molecule has 1 unspecified atom stereocenters. The molecule has 0 amide bonds. The van der Waals surface area contributed by atoms with E-state index in [1.807, 2.05) is 42.1 Å². The summed E-state index contributed by atoms with van der Waals surface area (Å²) in [6.45, 7) is 2.07. The molecule has 0 bridgehead atoms. The molecule has 3 aromatic heterocycles. The van der Waals surface area contributed by atoms with Gasteiger partial charge in [0, 0.05) is 31.0 Å². The Labute approximate surface area is 161 Å². The molecule has 0 aliphatic carbocycles. The Balaban J connectivity index is 1.45. The van der Waals surface area contributed by atoms with Gasteiger partial charge in [-0.05, 0) is 17.5 Å². The topological polar surface area (TPSA) is 60.7 Å². The van der Waals surface area contributed by atoms with Crippen molar-refractivity contribution in [2.24, 2.45) is 7.05 Å². The van der Waals surface area contributed by atoms with Crippen LogP contribution in [0.3, 0.4) is 0 Å². The van der Waals surface area contributed by atoms with Crippen molar-refractivity contribution in [1.82, 2.24) is 19.5 Å². The van der Waals surface area contributed by atoms with E-state index >= 15 is 0 Å². The van der Waals surface area contributed by atoms with Gasteiger partial charge in [-0.2, -0.15) is 0 Å². The highest BCUT2D eigenvalue weighted by Crippen LogP contribution is 2.28. The number of fused-ring (bicyclic) bond motifs is 1. The number of carbonyl (C=O) groups excluding carboxylic acids is 1. The second-order valence-corrected chi connectivity index (χ2v) is 7.91. The van der Waals surface area contributed by atoms with Crippen molar-refractivity contribution in [2.75, 3.05) is 0 Å². The van der Waals surface area contributed by atoms with Gasteiger partial charge in [-0.3, -0.25) is 9.78 Å². The number of carbonyl (C=O) groups is 1. The van der Waals surface area contributed by atoms with Gasteiger partial charge in [0.2, 0.25) is 0 Å². The number of aromatic nitrogens is 4. The molecule has 4 rings (SSSR count). The number of pyridine rings is 1. The van der Waals surface area contributed by atoms with Crippen LogP contribution in [0.5, 0.6) is 0 Å². The molecular weight excluding hydrogens is 356 g/mol. The normalized spacial score (nSPS) is 12.4. The number of rotatable bonds is 6. The molecule has 0 radical (unpaired) electrons. The molecule has 0 N–H and O–H groups in total. The molecule has 0 saturated heterocycles. The minimum atomic E-state index is 0.0450. The van der Waals surface area contributed by atoms with Gasteiger partial charge < -0.3 is 4.57 Å². The van der Waals surface area contributed by atoms with E-state index in [0.717, 1.165) is 27.3 Å². The predicted molar refractivity (Wildman–Crippen MR) is 107 cm³/mol. The molecule has 136 valence electrons. The first-order valence-electron chi connectivity index (χ1n) is 8.89. The van der Waals surface area contributed by atoms with Gasteiger partial charge in [-0.25, -0.2) is 9.97 Å². The second-order valence-electron chi connectivity index (χ2n) is 6.76. The van der Waals surface area contributed by atoms with Crippen LogP contribution in [0.15, 0.2) is 55.1 Å². The third kappa shape index (κ3) is 3.80. The molecule has 0 saturated carbocycles. The van der Waals surface area contributed by atoms with Crippen LogP contribution in [0.2, 0.25) is 0 Å². The molecule has 0 aliphatic heterocycles. The van der Waals surface area contributed by atoms with Gasteiger partial charge in [-0.15, -0.1) is 11.3 Å². The van der Waals surface area contributed by atoms with E-state index < -0.39 is 0 Å². The monoisotopic (exact) mass is 376 g/mol.